The third-order valence-electron chi connectivity index (χ3n) is 14.0. The first-order chi connectivity index (χ1) is 29.6. The SMILES string of the molecule is CC(C)CCCCCCCCCCCCCCCC(CCCCCCCCCCCCCCCC(C)C)C(C)(O)CCCCCCCCCCCCCCCC(C)C.[O]=[Ti][OH]. The molecular weight excluding hydrogens is 780 g/mol. The zero-order valence-corrected chi connectivity index (χ0v) is 45.0. The summed E-state index contributed by atoms with van der Waals surface area (Å²) < 4.78 is 15.8. The van der Waals surface area contributed by atoms with Crippen molar-refractivity contribution in [3.05, 3.63) is 0 Å². The summed E-state index contributed by atoms with van der Waals surface area (Å²) in [6.45, 7) is 16.3. The zero-order chi connectivity index (χ0) is 45.3. The molecule has 0 radical (unpaired) electrons. The van der Waals surface area contributed by atoms with E-state index in [9.17, 15) is 5.11 Å². The van der Waals surface area contributed by atoms with Gasteiger partial charge in [0.25, 0.3) is 0 Å². The van der Waals surface area contributed by atoms with Crippen molar-refractivity contribution in [3.63, 3.8) is 0 Å². The van der Waals surface area contributed by atoms with Gasteiger partial charge in [-0.2, -0.15) is 0 Å². The van der Waals surface area contributed by atoms with Gasteiger partial charge in [0.05, 0.1) is 5.60 Å². The molecule has 0 aliphatic rings. The summed E-state index contributed by atoms with van der Waals surface area (Å²) in [5.74, 6) is 3.13. The Morgan fingerprint density at radius 1 is 0.311 bits per heavy atom. The first-order valence-corrected chi connectivity index (χ1v) is 29.6. The molecule has 3 nitrogen and oxygen atoms in total. The third-order valence-corrected chi connectivity index (χ3v) is 14.0. The van der Waals surface area contributed by atoms with Crippen LogP contribution in [-0.4, -0.2) is 14.4 Å². The van der Waals surface area contributed by atoms with E-state index in [1.807, 2.05) is 0 Å². The van der Waals surface area contributed by atoms with Gasteiger partial charge in [-0.25, -0.2) is 0 Å². The van der Waals surface area contributed by atoms with Gasteiger partial charge in [0.2, 0.25) is 0 Å². The Bertz CT molecular complexity index is 772. The van der Waals surface area contributed by atoms with Crippen molar-refractivity contribution in [2.45, 2.75) is 343 Å². The van der Waals surface area contributed by atoms with Crippen LogP contribution < -0.4 is 0 Å². The molecule has 0 fully saturated rings. The summed E-state index contributed by atoms with van der Waals surface area (Å²) in [7, 11) is 0. The van der Waals surface area contributed by atoms with Crippen LogP contribution in [0.2, 0.25) is 0 Å². The van der Waals surface area contributed by atoms with Crippen LogP contribution in [-0.2, 0) is 22.8 Å². The summed E-state index contributed by atoms with van der Waals surface area (Å²) in [4.78, 5) is 0. The molecule has 2 N–H and O–H groups in total. The molecule has 0 aliphatic carbocycles. The van der Waals surface area contributed by atoms with Crippen molar-refractivity contribution in [1.82, 2.24) is 0 Å². The first kappa shape index (κ1) is 63.5. The molecule has 367 valence electrons. The summed E-state index contributed by atoms with van der Waals surface area (Å²) in [6.07, 6.45) is 63.2. The second-order valence-electron chi connectivity index (χ2n) is 21.8. The van der Waals surface area contributed by atoms with E-state index in [1.54, 1.807) is 0 Å². The minimum absolute atomic E-state index is 0.475. The summed E-state index contributed by atoms with van der Waals surface area (Å²) in [5.41, 5.74) is -0.475. The number of unbranched alkanes of at least 4 members (excludes halogenated alkanes) is 36. The van der Waals surface area contributed by atoms with E-state index in [4.69, 9.17) is 7.01 Å². The van der Waals surface area contributed by atoms with E-state index in [0.29, 0.717) is 5.92 Å². The van der Waals surface area contributed by atoms with Crippen LogP contribution in [0, 0.1) is 23.7 Å². The van der Waals surface area contributed by atoms with Crippen LogP contribution in [0.15, 0.2) is 0 Å². The summed E-state index contributed by atoms with van der Waals surface area (Å²) in [6, 6.07) is 0. The van der Waals surface area contributed by atoms with Crippen molar-refractivity contribution in [3.8, 4) is 0 Å². The van der Waals surface area contributed by atoms with Crippen LogP contribution >= 0.6 is 0 Å². The van der Waals surface area contributed by atoms with Gasteiger partial charge in [0.15, 0.2) is 0 Å². The van der Waals surface area contributed by atoms with Gasteiger partial charge in [0, 0.05) is 0 Å². The van der Waals surface area contributed by atoms with Crippen LogP contribution in [0.25, 0.3) is 0 Å². The van der Waals surface area contributed by atoms with Crippen molar-refractivity contribution < 1.29 is 31.6 Å². The fraction of sp³-hybridized carbons (Fsp3) is 1.00. The molecule has 0 aliphatic heterocycles. The molecule has 0 heterocycles. The molecule has 0 saturated carbocycles. The van der Waals surface area contributed by atoms with Gasteiger partial charge in [-0.3, -0.25) is 0 Å². The number of hydrogen-bond acceptors (Lipinski definition) is 2. The Morgan fingerprint density at radius 2 is 0.459 bits per heavy atom. The normalized spacial score (nSPS) is 12.7. The Labute approximate surface area is 396 Å². The molecule has 1 atom stereocenters. The molecule has 0 aromatic heterocycles. The quantitative estimate of drug-likeness (QED) is 0.0472. The van der Waals surface area contributed by atoms with Crippen molar-refractivity contribution >= 4 is 0 Å². The minimum atomic E-state index is -1.75. The van der Waals surface area contributed by atoms with Gasteiger partial charge in [-0.15, -0.1) is 0 Å². The van der Waals surface area contributed by atoms with Crippen LogP contribution in [0.5, 0.6) is 0 Å². The average Bonchev–Trinajstić information content (AvgIpc) is 3.21. The van der Waals surface area contributed by atoms with Gasteiger partial charge in [-0.05, 0) is 49.9 Å². The summed E-state index contributed by atoms with van der Waals surface area (Å²) in [5, 5.41) is 11.8. The fourth-order valence-corrected chi connectivity index (χ4v) is 9.73. The predicted molar refractivity (Wildman–Crippen MR) is 269 cm³/mol. The van der Waals surface area contributed by atoms with Crippen molar-refractivity contribution in [2.24, 2.45) is 23.7 Å². The number of hydrogen-bond donors (Lipinski definition) is 2. The van der Waals surface area contributed by atoms with E-state index >= 15 is 0 Å². The Hall–Kier alpha value is 0.434. The number of rotatable bonds is 49. The molecule has 61 heavy (non-hydrogen) atoms. The Morgan fingerprint density at radius 3 is 0.639 bits per heavy atom. The maximum absolute atomic E-state index is 11.8. The topological polar surface area (TPSA) is 57.5 Å². The van der Waals surface area contributed by atoms with Crippen LogP contribution in [0.1, 0.15) is 337 Å². The van der Waals surface area contributed by atoms with E-state index in [1.165, 1.54) is 283 Å². The van der Waals surface area contributed by atoms with Crippen molar-refractivity contribution in [2.75, 3.05) is 0 Å². The summed E-state index contributed by atoms with van der Waals surface area (Å²) >= 11 is -1.75. The van der Waals surface area contributed by atoms with Crippen molar-refractivity contribution in [1.29, 1.82) is 0 Å². The molecular formula is C57H117O3Ti. The molecule has 0 aromatic rings. The second kappa shape index (κ2) is 51.4. The molecule has 1 unspecified atom stereocenters. The second-order valence-corrected chi connectivity index (χ2v) is 22.1. The predicted octanol–water partition coefficient (Wildman–Crippen LogP) is 20.2. The monoisotopic (exact) mass is 898 g/mol. The van der Waals surface area contributed by atoms with Gasteiger partial charge >= 0.3 is 26.5 Å². The molecule has 0 rings (SSSR count). The van der Waals surface area contributed by atoms with Gasteiger partial charge < -0.3 is 5.11 Å². The van der Waals surface area contributed by atoms with E-state index < -0.39 is 25.1 Å². The Balaban J connectivity index is 0. The molecule has 0 bridgehead atoms. The molecule has 0 aromatic carbocycles. The fourth-order valence-electron chi connectivity index (χ4n) is 9.73. The standard InChI is InChI=1S/C57H116O.H2O.O.Ti/c1-53(2)47-41-35-29-23-17-11-8-14-20-26-32-38-44-50-56(51-45-39-33-27-21-15-9-12-18-24-30-36-42-48-54(3)4)57(7,58)52-46-40-34-28-22-16-10-13-19-25-31-37-43-49-55(5)6;;;/h53-56,58H,8-52H2,1-7H3;1H2;;/q;;;+1/p-1. The third kappa shape index (κ3) is 54.7. The molecule has 0 amide bonds. The van der Waals surface area contributed by atoms with E-state index in [-0.39, 0.29) is 0 Å². The van der Waals surface area contributed by atoms with Crippen LogP contribution in [0.4, 0.5) is 0 Å². The molecule has 4 heteroatoms. The number of aliphatic hydroxyl groups is 1. The first-order valence-electron chi connectivity index (χ1n) is 28.3. The van der Waals surface area contributed by atoms with Crippen LogP contribution in [0.3, 0.4) is 0 Å². The van der Waals surface area contributed by atoms with Gasteiger partial charge in [0.1, 0.15) is 0 Å². The van der Waals surface area contributed by atoms with E-state index in [2.05, 4.69) is 48.5 Å². The zero-order valence-electron chi connectivity index (χ0n) is 43.4. The molecule has 0 saturated heterocycles. The Kier molecular flexibility index (Phi) is 53.5. The van der Waals surface area contributed by atoms with E-state index in [0.717, 1.165) is 24.2 Å². The maximum atomic E-state index is 11.8. The van der Waals surface area contributed by atoms with Gasteiger partial charge in [-0.1, -0.05) is 311 Å². The molecule has 0 spiro atoms. The average molecular weight is 898 g/mol.